The zero-order valence-electron chi connectivity index (χ0n) is 24.4. The summed E-state index contributed by atoms with van der Waals surface area (Å²) in [7, 11) is 0. The normalized spacial score (nSPS) is 13.8. The first-order chi connectivity index (χ1) is 20.1. The minimum atomic E-state index is -1.33. The number of carbonyl (C=O) groups is 4. The lowest BCUT2D eigenvalue weighted by molar-refractivity contribution is -0.155. The Labute approximate surface area is 245 Å². The van der Waals surface area contributed by atoms with E-state index in [1.54, 1.807) is 32.9 Å². The predicted molar refractivity (Wildman–Crippen MR) is 153 cm³/mol. The number of carbonyl (C=O) groups excluding carboxylic acids is 4. The fraction of sp³-hybridized carbons (Fsp3) is 0.467. The van der Waals surface area contributed by atoms with Crippen molar-refractivity contribution in [2.24, 2.45) is 0 Å². The van der Waals surface area contributed by atoms with Crippen LogP contribution in [0.2, 0.25) is 0 Å². The van der Waals surface area contributed by atoms with Crippen molar-refractivity contribution in [1.82, 2.24) is 25.5 Å². The van der Waals surface area contributed by atoms with Crippen LogP contribution in [-0.2, 0) is 23.8 Å². The lowest BCUT2D eigenvalue weighted by Gasteiger charge is -2.27. The molecule has 3 rings (SSSR count). The molecule has 2 amide bonds. The van der Waals surface area contributed by atoms with Gasteiger partial charge >= 0.3 is 18.0 Å². The third kappa shape index (κ3) is 10.6. The van der Waals surface area contributed by atoms with Gasteiger partial charge in [-0.3, -0.25) is 9.59 Å². The van der Waals surface area contributed by atoms with E-state index < -0.39 is 35.6 Å². The van der Waals surface area contributed by atoms with Gasteiger partial charge in [-0.2, -0.15) is 0 Å². The van der Waals surface area contributed by atoms with Crippen molar-refractivity contribution in [3.8, 4) is 23.2 Å². The number of hydrogen-bond acceptors (Lipinski definition) is 10. The molecule has 1 aromatic heterocycles. The fourth-order valence-corrected chi connectivity index (χ4v) is 3.83. The van der Waals surface area contributed by atoms with Gasteiger partial charge in [0.2, 0.25) is 0 Å². The molecule has 0 saturated carbocycles. The van der Waals surface area contributed by atoms with Crippen LogP contribution in [0.1, 0.15) is 56.7 Å². The Balaban J connectivity index is 1.84. The molecule has 2 heterocycles. The summed E-state index contributed by atoms with van der Waals surface area (Å²) in [6.45, 7) is 9.57. The van der Waals surface area contributed by atoms with Crippen molar-refractivity contribution in [2.75, 3.05) is 39.4 Å². The van der Waals surface area contributed by atoms with E-state index in [1.165, 1.54) is 11.0 Å². The predicted octanol–water partition coefficient (Wildman–Crippen LogP) is 2.32. The number of esters is 2. The molecule has 0 radical (unpaired) electrons. The molecule has 1 saturated heterocycles. The van der Waals surface area contributed by atoms with Gasteiger partial charge in [-0.05, 0) is 40.0 Å². The van der Waals surface area contributed by atoms with Crippen LogP contribution in [0.4, 0.5) is 4.79 Å². The molecule has 12 heteroatoms. The molecule has 2 N–H and O–H groups in total. The number of aromatic nitrogens is 2. The van der Waals surface area contributed by atoms with Crippen LogP contribution < -0.4 is 10.6 Å². The SMILES string of the molecule is CCOCC#Cc1cc(C(=O)NC(CCC(=O)OC(C)(C)C)C(=O)OC(=O)N2CCNCC2)nc(-c2ccccc2)n1. The van der Waals surface area contributed by atoms with Crippen LogP contribution in [0.3, 0.4) is 0 Å². The van der Waals surface area contributed by atoms with Crippen molar-refractivity contribution in [2.45, 2.75) is 52.2 Å². The van der Waals surface area contributed by atoms with Gasteiger partial charge in [0.25, 0.3) is 5.91 Å². The maximum absolute atomic E-state index is 13.4. The monoisotopic (exact) mass is 579 g/mol. The summed E-state index contributed by atoms with van der Waals surface area (Å²) < 4.78 is 15.7. The maximum atomic E-state index is 13.4. The van der Waals surface area contributed by atoms with Gasteiger partial charge < -0.3 is 29.7 Å². The molecule has 0 aliphatic carbocycles. The Morgan fingerprint density at radius 3 is 2.48 bits per heavy atom. The van der Waals surface area contributed by atoms with E-state index in [1.807, 2.05) is 25.1 Å². The molecule has 12 nitrogen and oxygen atoms in total. The third-order valence-corrected chi connectivity index (χ3v) is 5.80. The second-order valence-corrected chi connectivity index (χ2v) is 10.3. The Morgan fingerprint density at radius 1 is 1.10 bits per heavy atom. The average Bonchev–Trinajstić information content (AvgIpc) is 2.97. The molecule has 1 atom stereocenters. The van der Waals surface area contributed by atoms with E-state index in [0.717, 1.165) is 0 Å². The number of benzene rings is 1. The van der Waals surface area contributed by atoms with E-state index in [9.17, 15) is 19.2 Å². The molecule has 1 aliphatic heterocycles. The Bertz CT molecular complexity index is 1310. The number of nitrogens with one attached hydrogen (secondary N) is 2. The first-order valence-electron chi connectivity index (χ1n) is 13.8. The number of piperazine rings is 1. The highest BCUT2D eigenvalue weighted by molar-refractivity contribution is 5.97. The van der Waals surface area contributed by atoms with Crippen molar-refractivity contribution < 1.29 is 33.4 Å². The van der Waals surface area contributed by atoms with Crippen LogP contribution in [0.15, 0.2) is 36.4 Å². The molecular formula is C30H37N5O7. The fourth-order valence-electron chi connectivity index (χ4n) is 3.83. The van der Waals surface area contributed by atoms with Crippen molar-refractivity contribution in [3.05, 3.63) is 47.8 Å². The second-order valence-electron chi connectivity index (χ2n) is 10.3. The van der Waals surface area contributed by atoms with E-state index in [2.05, 4.69) is 32.4 Å². The summed E-state index contributed by atoms with van der Waals surface area (Å²) in [5.74, 6) is 3.68. The second kappa shape index (κ2) is 15.6. The standard InChI is InChI=1S/C30H37N5O7/c1-5-40-19-9-12-22-20-24(33-26(32-22)21-10-7-6-8-11-21)27(37)34-23(13-14-25(36)42-30(2,3)4)28(38)41-29(39)35-17-15-31-16-18-35/h6-8,10-11,20,23,31H,5,13-19H2,1-4H3,(H,34,37). The van der Waals surface area contributed by atoms with Crippen LogP contribution in [0, 0.1) is 11.8 Å². The lowest BCUT2D eigenvalue weighted by atomic mass is 10.1. The highest BCUT2D eigenvalue weighted by Gasteiger charge is 2.30. The van der Waals surface area contributed by atoms with Gasteiger partial charge in [-0.25, -0.2) is 19.6 Å². The van der Waals surface area contributed by atoms with Gasteiger partial charge in [0.05, 0.1) is 0 Å². The summed E-state index contributed by atoms with van der Waals surface area (Å²) in [6, 6.07) is 9.09. The lowest BCUT2D eigenvalue weighted by Crippen LogP contribution is -2.49. The Morgan fingerprint density at radius 2 is 1.81 bits per heavy atom. The number of ether oxygens (including phenoxy) is 3. The summed E-state index contributed by atoms with van der Waals surface area (Å²) in [5.41, 5.74) is 0.134. The number of hydrogen-bond donors (Lipinski definition) is 2. The highest BCUT2D eigenvalue weighted by Crippen LogP contribution is 2.16. The van der Waals surface area contributed by atoms with Gasteiger partial charge in [0, 0.05) is 50.8 Å². The van der Waals surface area contributed by atoms with Crippen molar-refractivity contribution in [1.29, 1.82) is 0 Å². The van der Waals surface area contributed by atoms with Gasteiger partial charge in [0.1, 0.15) is 29.6 Å². The molecule has 1 aliphatic rings. The van der Waals surface area contributed by atoms with Gasteiger partial charge in [-0.15, -0.1) is 0 Å². The molecule has 42 heavy (non-hydrogen) atoms. The molecule has 0 bridgehead atoms. The minimum absolute atomic E-state index is 0.0620. The Hall–Kier alpha value is -4.34. The first-order valence-corrected chi connectivity index (χ1v) is 13.8. The summed E-state index contributed by atoms with van der Waals surface area (Å²) in [6.07, 6.45) is -1.18. The van der Waals surface area contributed by atoms with Crippen LogP contribution in [0.5, 0.6) is 0 Å². The number of rotatable bonds is 9. The zero-order chi connectivity index (χ0) is 30.5. The number of nitrogens with zero attached hydrogens (tertiary/aromatic N) is 3. The zero-order valence-corrected chi connectivity index (χ0v) is 24.4. The quantitative estimate of drug-likeness (QED) is 0.196. The maximum Gasteiger partial charge on any atom is 0.417 e. The first kappa shape index (κ1) is 32.2. The topological polar surface area (TPSA) is 149 Å². The van der Waals surface area contributed by atoms with Crippen LogP contribution in [0.25, 0.3) is 11.4 Å². The molecule has 2 aromatic rings. The molecule has 1 aromatic carbocycles. The third-order valence-electron chi connectivity index (χ3n) is 5.80. The summed E-state index contributed by atoms with van der Waals surface area (Å²) in [5, 5.41) is 5.68. The largest absolute Gasteiger partial charge is 0.460 e. The molecule has 0 spiro atoms. The van der Waals surface area contributed by atoms with Crippen LogP contribution in [-0.4, -0.2) is 89.8 Å². The van der Waals surface area contributed by atoms with E-state index in [4.69, 9.17) is 14.2 Å². The highest BCUT2D eigenvalue weighted by atomic mass is 16.6. The molecule has 224 valence electrons. The Kier molecular flexibility index (Phi) is 12.0. The van der Waals surface area contributed by atoms with Gasteiger partial charge in [-0.1, -0.05) is 36.3 Å². The molecular weight excluding hydrogens is 542 g/mol. The van der Waals surface area contributed by atoms with E-state index >= 15 is 0 Å². The average molecular weight is 580 g/mol. The smallest absolute Gasteiger partial charge is 0.417 e. The molecule has 1 fully saturated rings. The van der Waals surface area contributed by atoms with Crippen molar-refractivity contribution in [3.63, 3.8) is 0 Å². The van der Waals surface area contributed by atoms with Gasteiger partial charge in [0.15, 0.2) is 5.82 Å². The van der Waals surface area contributed by atoms with E-state index in [0.29, 0.717) is 38.3 Å². The van der Waals surface area contributed by atoms with Crippen molar-refractivity contribution >= 4 is 23.9 Å². The summed E-state index contributed by atoms with van der Waals surface area (Å²) >= 11 is 0. The summed E-state index contributed by atoms with van der Waals surface area (Å²) in [4.78, 5) is 61.7. The van der Waals surface area contributed by atoms with E-state index in [-0.39, 0.29) is 36.7 Å². The number of amides is 2. The minimum Gasteiger partial charge on any atom is -0.460 e. The molecule has 1 unspecified atom stereocenters. The van der Waals surface area contributed by atoms with Crippen LogP contribution >= 0.6 is 0 Å².